The second-order valence-corrected chi connectivity index (χ2v) is 6.05. The van der Waals surface area contributed by atoms with Gasteiger partial charge in [0.25, 0.3) is 0 Å². The molecule has 1 unspecified atom stereocenters. The van der Waals surface area contributed by atoms with Crippen LogP contribution in [0.5, 0.6) is 0 Å². The molecule has 1 saturated heterocycles. The van der Waals surface area contributed by atoms with Crippen molar-refractivity contribution < 1.29 is 4.74 Å². The van der Waals surface area contributed by atoms with Gasteiger partial charge in [-0.05, 0) is 45.2 Å². The number of aliphatic imine (C=N–C) groups is 1. The van der Waals surface area contributed by atoms with Crippen LogP contribution in [-0.4, -0.2) is 63.3 Å². The molecule has 0 aromatic carbocycles. The molecule has 5 nitrogen and oxygen atoms in total. The van der Waals surface area contributed by atoms with Gasteiger partial charge in [0.05, 0.1) is 6.54 Å². The van der Waals surface area contributed by atoms with Gasteiger partial charge in [-0.15, -0.1) is 0 Å². The van der Waals surface area contributed by atoms with Crippen LogP contribution >= 0.6 is 0 Å². The minimum atomic E-state index is 0.557. The van der Waals surface area contributed by atoms with Crippen molar-refractivity contribution in [1.29, 1.82) is 0 Å². The predicted molar refractivity (Wildman–Crippen MR) is 89.9 cm³/mol. The number of hydrogen-bond acceptors (Lipinski definition) is 3. The van der Waals surface area contributed by atoms with Crippen LogP contribution in [0, 0.1) is 5.92 Å². The first kappa shape index (κ1) is 18.2. The van der Waals surface area contributed by atoms with E-state index in [0.29, 0.717) is 12.0 Å². The molecule has 0 aromatic heterocycles. The molecule has 1 heterocycles. The molecule has 0 bridgehead atoms. The number of hydrogen-bond donors (Lipinski definition) is 2. The maximum Gasteiger partial charge on any atom is 0.191 e. The third kappa shape index (κ3) is 7.14. The first-order chi connectivity index (χ1) is 10.2. The molecule has 0 aliphatic carbocycles. The Hall–Kier alpha value is -0.810. The van der Waals surface area contributed by atoms with E-state index in [1.165, 1.54) is 25.9 Å². The summed E-state index contributed by atoms with van der Waals surface area (Å²) in [7, 11) is 1.74. The summed E-state index contributed by atoms with van der Waals surface area (Å²) in [6, 6.07) is 0.557. The average molecular weight is 298 g/mol. The standard InChI is InChI=1S/C16H34N4O/c1-5-17-16(18-9-8-12-21-4)19-13-15(14(2)3)20-10-6-7-11-20/h14-15H,5-13H2,1-4H3,(H2,17,18,19). The summed E-state index contributed by atoms with van der Waals surface area (Å²) in [6.07, 6.45) is 3.67. The molecule has 0 saturated carbocycles. The van der Waals surface area contributed by atoms with Crippen LogP contribution in [0.4, 0.5) is 0 Å². The molecule has 0 amide bonds. The molecule has 2 N–H and O–H groups in total. The van der Waals surface area contributed by atoms with E-state index in [-0.39, 0.29) is 0 Å². The van der Waals surface area contributed by atoms with Crippen LogP contribution in [0.1, 0.15) is 40.0 Å². The van der Waals surface area contributed by atoms with E-state index in [0.717, 1.165) is 38.6 Å². The van der Waals surface area contributed by atoms with Gasteiger partial charge in [-0.3, -0.25) is 9.89 Å². The first-order valence-corrected chi connectivity index (χ1v) is 8.44. The number of ether oxygens (including phenoxy) is 1. The van der Waals surface area contributed by atoms with E-state index < -0.39 is 0 Å². The molecule has 1 rings (SSSR count). The predicted octanol–water partition coefficient (Wildman–Crippen LogP) is 1.70. The van der Waals surface area contributed by atoms with E-state index in [2.05, 4.69) is 36.3 Å². The van der Waals surface area contributed by atoms with E-state index >= 15 is 0 Å². The lowest BCUT2D eigenvalue weighted by molar-refractivity contribution is 0.195. The van der Waals surface area contributed by atoms with Crippen LogP contribution < -0.4 is 10.6 Å². The van der Waals surface area contributed by atoms with Crippen molar-refractivity contribution in [3.05, 3.63) is 0 Å². The zero-order valence-electron chi connectivity index (χ0n) is 14.3. The Labute approximate surface area is 130 Å². The first-order valence-electron chi connectivity index (χ1n) is 8.44. The summed E-state index contributed by atoms with van der Waals surface area (Å²) in [5.74, 6) is 1.57. The normalized spacial score (nSPS) is 18.2. The van der Waals surface area contributed by atoms with Crippen molar-refractivity contribution in [2.45, 2.75) is 46.1 Å². The van der Waals surface area contributed by atoms with Gasteiger partial charge in [-0.1, -0.05) is 13.8 Å². The highest BCUT2D eigenvalue weighted by atomic mass is 16.5. The molecule has 0 spiro atoms. The lowest BCUT2D eigenvalue weighted by Gasteiger charge is -2.29. The fourth-order valence-electron chi connectivity index (χ4n) is 2.77. The number of rotatable bonds is 9. The second-order valence-electron chi connectivity index (χ2n) is 6.05. The molecule has 1 fully saturated rings. The minimum absolute atomic E-state index is 0.557. The van der Waals surface area contributed by atoms with Crippen LogP contribution in [0.3, 0.4) is 0 Å². The number of nitrogens with one attached hydrogen (secondary N) is 2. The van der Waals surface area contributed by atoms with Gasteiger partial charge in [0.2, 0.25) is 0 Å². The van der Waals surface area contributed by atoms with Crippen LogP contribution in [0.15, 0.2) is 4.99 Å². The Bertz CT molecular complexity index is 288. The third-order valence-electron chi connectivity index (χ3n) is 3.98. The summed E-state index contributed by atoms with van der Waals surface area (Å²) < 4.78 is 5.07. The monoisotopic (exact) mass is 298 g/mol. The fourth-order valence-corrected chi connectivity index (χ4v) is 2.77. The molecular weight excluding hydrogens is 264 g/mol. The summed E-state index contributed by atoms with van der Waals surface area (Å²) in [4.78, 5) is 7.39. The smallest absolute Gasteiger partial charge is 0.191 e. The molecule has 0 radical (unpaired) electrons. The fraction of sp³-hybridized carbons (Fsp3) is 0.938. The molecule has 1 aliphatic heterocycles. The number of nitrogens with zero attached hydrogens (tertiary/aromatic N) is 2. The van der Waals surface area contributed by atoms with Gasteiger partial charge in [0.15, 0.2) is 5.96 Å². The zero-order chi connectivity index (χ0) is 15.5. The summed E-state index contributed by atoms with van der Waals surface area (Å²) in [5.41, 5.74) is 0. The molecular formula is C16H34N4O. The van der Waals surface area contributed by atoms with Crippen LogP contribution in [-0.2, 0) is 4.74 Å². The Morgan fingerprint density at radius 3 is 2.52 bits per heavy atom. The SMILES string of the molecule is CCNC(=NCC(C(C)C)N1CCCC1)NCCCOC. The van der Waals surface area contributed by atoms with Crippen LogP contribution in [0.25, 0.3) is 0 Å². The second kappa shape index (κ2) is 10.9. The summed E-state index contributed by atoms with van der Waals surface area (Å²) >= 11 is 0. The Kier molecular flexibility index (Phi) is 9.42. The van der Waals surface area contributed by atoms with Crippen molar-refractivity contribution in [1.82, 2.24) is 15.5 Å². The summed E-state index contributed by atoms with van der Waals surface area (Å²) in [6.45, 7) is 12.6. The maximum atomic E-state index is 5.07. The van der Waals surface area contributed by atoms with Crippen molar-refractivity contribution in [3.63, 3.8) is 0 Å². The highest BCUT2D eigenvalue weighted by Gasteiger charge is 2.24. The van der Waals surface area contributed by atoms with Gasteiger partial charge >= 0.3 is 0 Å². The van der Waals surface area contributed by atoms with Gasteiger partial charge in [0, 0.05) is 32.8 Å². The highest BCUT2D eigenvalue weighted by molar-refractivity contribution is 5.79. The van der Waals surface area contributed by atoms with Crippen molar-refractivity contribution in [3.8, 4) is 0 Å². The maximum absolute atomic E-state index is 5.07. The quantitative estimate of drug-likeness (QED) is 0.386. The van der Waals surface area contributed by atoms with Gasteiger partial charge in [-0.25, -0.2) is 0 Å². The Morgan fingerprint density at radius 2 is 1.95 bits per heavy atom. The number of likely N-dealkylation sites (tertiary alicyclic amines) is 1. The topological polar surface area (TPSA) is 48.9 Å². The lowest BCUT2D eigenvalue weighted by Crippen LogP contribution is -2.42. The van der Waals surface area contributed by atoms with Crippen LogP contribution in [0.2, 0.25) is 0 Å². The van der Waals surface area contributed by atoms with E-state index in [1.54, 1.807) is 7.11 Å². The molecule has 124 valence electrons. The lowest BCUT2D eigenvalue weighted by atomic mass is 10.0. The van der Waals surface area contributed by atoms with Crippen molar-refractivity contribution >= 4 is 5.96 Å². The van der Waals surface area contributed by atoms with Gasteiger partial charge in [-0.2, -0.15) is 0 Å². The zero-order valence-corrected chi connectivity index (χ0v) is 14.3. The van der Waals surface area contributed by atoms with Crippen molar-refractivity contribution in [2.75, 3.05) is 46.4 Å². The molecule has 0 aromatic rings. The summed E-state index contributed by atoms with van der Waals surface area (Å²) in [5, 5.41) is 6.70. The molecule has 21 heavy (non-hydrogen) atoms. The highest BCUT2D eigenvalue weighted by Crippen LogP contribution is 2.17. The Balaban J connectivity index is 2.48. The third-order valence-corrected chi connectivity index (χ3v) is 3.98. The van der Waals surface area contributed by atoms with Gasteiger partial charge in [0.1, 0.15) is 0 Å². The van der Waals surface area contributed by atoms with Crippen molar-refractivity contribution in [2.24, 2.45) is 10.9 Å². The number of guanidine groups is 1. The average Bonchev–Trinajstić information content (AvgIpc) is 2.97. The molecule has 5 heteroatoms. The molecule has 1 atom stereocenters. The Morgan fingerprint density at radius 1 is 1.24 bits per heavy atom. The number of methoxy groups -OCH3 is 1. The van der Waals surface area contributed by atoms with E-state index in [4.69, 9.17) is 9.73 Å². The minimum Gasteiger partial charge on any atom is -0.385 e. The van der Waals surface area contributed by atoms with E-state index in [9.17, 15) is 0 Å². The van der Waals surface area contributed by atoms with E-state index in [1.807, 2.05) is 0 Å². The largest absolute Gasteiger partial charge is 0.385 e. The molecule has 1 aliphatic rings. The van der Waals surface area contributed by atoms with Gasteiger partial charge < -0.3 is 15.4 Å².